The van der Waals surface area contributed by atoms with Gasteiger partial charge in [-0.3, -0.25) is 4.79 Å². The van der Waals surface area contributed by atoms with Crippen LogP contribution in [-0.2, 0) is 9.53 Å². The summed E-state index contributed by atoms with van der Waals surface area (Å²) < 4.78 is 6.67. The molecular formula is C25H29N5O3. The number of piperidine rings is 1. The molecule has 5 rings (SSSR count). The molecule has 1 saturated heterocycles. The number of rotatable bonds is 5. The molecule has 2 atom stereocenters. The number of aryl methyl sites for hydroxylation is 1. The summed E-state index contributed by atoms with van der Waals surface area (Å²) in [4.78, 5) is 32.5. The maximum Gasteiger partial charge on any atom is 0.407 e. The molecule has 2 amide bonds. The molecule has 2 aliphatic rings. The Bertz CT molecular complexity index is 1170. The second-order valence-electron chi connectivity index (χ2n) is 8.96. The van der Waals surface area contributed by atoms with E-state index in [0.29, 0.717) is 12.5 Å². The first-order valence-electron chi connectivity index (χ1n) is 11.6. The number of nitrogens with zero attached hydrogens (tertiary/aromatic N) is 4. The fraction of sp³-hybridized carbons (Fsp3) is 0.440. The number of likely N-dealkylation sites (tertiary alicyclic amines) is 1. The van der Waals surface area contributed by atoms with E-state index in [4.69, 9.17) is 14.8 Å². The molecule has 1 saturated carbocycles. The van der Waals surface area contributed by atoms with Gasteiger partial charge in [-0.25, -0.2) is 14.3 Å². The molecule has 1 aliphatic carbocycles. The Morgan fingerprint density at radius 3 is 2.61 bits per heavy atom. The summed E-state index contributed by atoms with van der Waals surface area (Å²) in [5, 5.41) is 7.57. The molecule has 2 fully saturated rings. The quantitative estimate of drug-likeness (QED) is 0.637. The van der Waals surface area contributed by atoms with E-state index >= 15 is 0 Å². The van der Waals surface area contributed by atoms with Gasteiger partial charge in [0.2, 0.25) is 5.91 Å². The summed E-state index contributed by atoms with van der Waals surface area (Å²) >= 11 is 0. The van der Waals surface area contributed by atoms with Crippen LogP contribution < -0.4 is 5.32 Å². The Morgan fingerprint density at radius 1 is 1.09 bits per heavy atom. The van der Waals surface area contributed by atoms with Crippen molar-refractivity contribution in [1.29, 1.82) is 0 Å². The lowest BCUT2D eigenvalue weighted by Gasteiger charge is -2.37. The smallest absolute Gasteiger partial charge is 0.407 e. The molecule has 3 aromatic rings. The lowest BCUT2D eigenvalue weighted by Crippen LogP contribution is -2.46. The Hall–Kier alpha value is -3.42. The average molecular weight is 448 g/mol. The summed E-state index contributed by atoms with van der Waals surface area (Å²) in [6.45, 7) is 2.66. The number of alkyl carbamates (subject to hydrolysis) is 1. The first-order chi connectivity index (χ1) is 16.0. The third kappa shape index (κ3) is 4.29. The number of fused-ring (bicyclic) bond motifs is 1. The van der Waals surface area contributed by atoms with Crippen LogP contribution in [0.4, 0.5) is 4.79 Å². The molecule has 0 spiro atoms. The number of benzene rings is 1. The summed E-state index contributed by atoms with van der Waals surface area (Å²) in [5.74, 6) is 0.410. The molecule has 2 aromatic heterocycles. The van der Waals surface area contributed by atoms with Crippen LogP contribution in [0.1, 0.15) is 72.8 Å². The first-order valence-corrected chi connectivity index (χ1v) is 11.6. The van der Waals surface area contributed by atoms with Crippen LogP contribution in [-0.4, -0.2) is 45.2 Å². The van der Waals surface area contributed by atoms with E-state index in [1.54, 1.807) is 0 Å². The number of hydrogen-bond donors (Lipinski definition) is 1. The van der Waals surface area contributed by atoms with Crippen molar-refractivity contribution >= 4 is 17.6 Å². The third-order valence-electron chi connectivity index (χ3n) is 6.59. The van der Waals surface area contributed by atoms with Gasteiger partial charge in [0.05, 0.1) is 18.8 Å². The summed E-state index contributed by atoms with van der Waals surface area (Å²) in [5.41, 5.74) is 4.58. The molecular weight excluding hydrogens is 418 g/mol. The molecule has 1 N–H and O–H groups in total. The van der Waals surface area contributed by atoms with Gasteiger partial charge in [-0.2, -0.15) is 5.10 Å². The first kappa shape index (κ1) is 21.4. The summed E-state index contributed by atoms with van der Waals surface area (Å²) in [6, 6.07) is 12.4. The highest BCUT2D eigenvalue weighted by Gasteiger charge is 2.36. The van der Waals surface area contributed by atoms with Gasteiger partial charge < -0.3 is 15.0 Å². The number of ether oxygens (including phenoxy) is 1. The van der Waals surface area contributed by atoms with Gasteiger partial charge in [0.25, 0.3) is 0 Å². The molecule has 8 nitrogen and oxygen atoms in total. The number of aromatic nitrogens is 3. The maximum atomic E-state index is 13.8. The minimum absolute atomic E-state index is 0.156. The van der Waals surface area contributed by atoms with Gasteiger partial charge in [0, 0.05) is 29.9 Å². The predicted molar refractivity (Wildman–Crippen MR) is 123 cm³/mol. The highest BCUT2D eigenvalue weighted by Crippen LogP contribution is 2.40. The maximum absolute atomic E-state index is 13.8. The van der Waals surface area contributed by atoms with Crippen LogP contribution in [0, 0.1) is 6.92 Å². The van der Waals surface area contributed by atoms with Gasteiger partial charge in [-0.1, -0.05) is 30.3 Å². The molecule has 3 heterocycles. The number of amides is 2. The molecule has 172 valence electrons. The zero-order valence-corrected chi connectivity index (χ0v) is 19.0. The van der Waals surface area contributed by atoms with Crippen molar-refractivity contribution in [1.82, 2.24) is 24.8 Å². The Kier molecular flexibility index (Phi) is 5.74. The van der Waals surface area contributed by atoms with Crippen molar-refractivity contribution in [2.45, 2.75) is 57.0 Å². The van der Waals surface area contributed by atoms with Gasteiger partial charge in [-0.15, -0.1) is 0 Å². The molecule has 8 heteroatoms. The van der Waals surface area contributed by atoms with Crippen LogP contribution in [0.15, 0.2) is 42.5 Å². The topological polar surface area (TPSA) is 88.8 Å². The average Bonchev–Trinajstić information content (AvgIpc) is 3.61. The minimum Gasteiger partial charge on any atom is -0.453 e. The summed E-state index contributed by atoms with van der Waals surface area (Å²) in [6.07, 6.45) is 4.52. The standard InChI is InChI=1S/C25H29N5O3/c1-16-14-19(17-11-12-17)26-22-15-20(28-30(16)22)21-10-6-7-13-29(21)24(31)23(27-25(32)33-2)18-8-4-3-5-9-18/h3-5,8-9,14-15,17,21,23H,6-7,10-13H2,1-2H3,(H,27,32). The Morgan fingerprint density at radius 2 is 1.88 bits per heavy atom. The van der Waals surface area contributed by atoms with Crippen LogP contribution in [0.25, 0.3) is 5.65 Å². The van der Waals surface area contributed by atoms with Crippen molar-refractivity contribution in [2.24, 2.45) is 0 Å². The molecule has 33 heavy (non-hydrogen) atoms. The summed E-state index contributed by atoms with van der Waals surface area (Å²) in [7, 11) is 1.30. The van der Waals surface area contributed by atoms with E-state index in [-0.39, 0.29) is 11.9 Å². The molecule has 1 aromatic carbocycles. The van der Waals surface area contributed by atoms with Gasteiger partial charge in [0.15, 0.2) is 5.65 Å². The minimum atomic E-state index is -0.822. The molecule has 1 aliphatic heterocycles. The fourth-order valence-corrected chi connectivity index (χ4v) is 4.70. The molecule has 0 bridgehead atoms. The normalized spacial score (nSPS) is 19.3. The van der Waals surface area contributed by atoms with E-state index in [2.05, 4.69) is 11.4 Å². The number of hydrogen-bond acceptors (Lipinski definition) is 5. The van der Waals surface area contributed by atoms with E-state index in [1.807, 2.05) is 52.7 Å². The van der Waals surface area contributed by atoms with Gasteiger partial charge in [0.1, 0.15) is 6.04 Å². The highest BCUT2D eigenvalue weighted by atomic mass is 16.5. The van der Waals surface area contributed by atoms with Crippen LogP contribution in [0.2, 0.25) is 0 Å². The van der Waals surface area contributed by atoms with Crippen molar-refractivity contribution in [2.75, 3.05) is 13.7 Å². The number of carbonyl (C=O) groups excluding carboxylic acids is 2. The predicted octanol–water partition coefficient (Wildman–Crippen LogP) is 4.07. The molecule has 2 unspecified atom stereocenters. The largest absolute Gasteiger partial charge is 0.453 e. The SMILES string of the molecule is COC(=O)NC(C(=O)N1CCCCC1c1cc2nc(C3CC3)cc(C)n2n1)c1ccccc1. The van der Waals surface area contributed by atoms with Crippen LogP contribution in [0.3, 0.4) is 0 Å². The zero-order valence-electron chi connectivity index (χ0n) is 19.0. The lowest BCUT2D eigenvalue weighted by atomic mass is 9.96. The number of nitrogens with one attached hydrogen (secondary N) is 1. The van der Waals surface area contributed by atoms with Crippen molar-refractivity contribution < 1.29 is 14.3 Å². The van der Waals surface area contributed by atoms with E-state index in [0.717, 1.165) is 47.6 Å². The highest BCUT2D eigenvalue weighted by molar-refractivity contribution is 5.87. The van der Waals surface area contributed by atoms with Crippen molar-refractivity contribution in [3.63, 3.8) is 0 Å². The Labute approximate surface area is 192 Å². The fourth-order valence-electron chi connectivity index (χ4n) is 4.70. The van der Waals surface area contributed by atoms with E-state index < -0.39 is 12.1 Å². The van der Waals surface area contributed by atoms with Gasteiger partial charge >= 0.3 is 6.09 Å². The van der Waals surface area contributed by atoms with Crippen LogP contribution in [0.5, 0.6) is 0 Å². The van der Waals surface area contributed by atoms with Crippen molar-refractivity contribution in [3.8, 4) is 0 Å². The van der Waals surface area contributed by atoms with Gasteiger partial charge in [-0.05, 0) is 50.7 Å². The number of carbonyl (C=O) groups is 2. The van der Waals surface area contributed by atoms with E-state index in [1.165, 1.54) is 20.0 Å². The van der Waals surface area contributed by atoms with Crippen molar-refractivity contribution in [3.05, 3.63) is 65.1 Å². The lowest BCUT2D eigenvalue weighted by molar-refractivity contribution is -0.137. The Balaban J connectivity index is 1.48. The number of methoxy groups -OCH3 is 1. The zero-order chi connectivity index (χ0) is 22.9. The van der Waals surface area contributed by atoms with E-state index in [9.17, 15) is 9.59 Å². The second-order valence-corrected chi connectivity index (χ2v) is 8.96. The molecule has 0 radical (unpaired) electrons. The monoisotopic (exact) mass is 447 g/mol. The van der Waals surface area contributed by atoms with Crippen LogP contribution >= 0.6 is 0 Å². The third-order valence-corrected chi connectivity index (χ3v) is 6.59. The second kappa shape index (κ2) is 8.84.